The molecule has 5 aromatic rings. The first-order chi connectivity index (χ1) is 17.5. The molecule has 2 N–H and O–H groups in total. The van der Waals surface area contributed by atoms with Crippen LogP contribution in [0, 0.1) is 13.8 Å². The molecule has 0 aliphatic carbocycles. The lowest BCUT2D eigenvalue weighted by Gasteiger charge is -2.15. The first kappa shape index (κ1) is 22.2. The van der Waals surface area contributed by atoms with Gasteiger partial charge >= 0.3 is 0 Å². The minimum absolute atomic E-state index is 0.0691. The molecule has 1 aliphatic rings. The van der Waals surface area contributed by atoms with Gasteiger partial charge in [-0.15, -0.1) is 0 Å². The Labute approximate surface area is 210 Å². The topological polar surface area (TPSA) is 98.2 Å². The fraction of sp³-hybridized carbons (Fsp3) is 0.148. The van der Waals surface area contributed by atoms with Gasteiger partial charge in [-0.2, -0.15) is 0 Å². The number of fused-ring (bicyclic) bond motifs is 4. The van der Waals surface area contributed by atoms with Crippen LogP contribution in [-0.2, 0) is 4.79 Å². The van der Waals surface area contributed by atoms with Crippen LogP contribution in [0.4, 0.5) is 5.69 Å². The third-order valence-corrected chi connectivity index (χ3v) is 7.24. The van der Waals surface area contributed by atoms with Crippen LogP contribution < -0.4 is 20.3 Å². The second kappa shape index (κ2) is 8.76. The summed E-state index contributed by atoms with van der Waals surface area (Å²) >= 11 is 1.22. The Bertz CT molecular complexity index is 1720. The molecular formula is C27H22N4O4S. The average Bonchev–Trinajstić information content (AvgIpc) is 3.49. The smallest absolute Gasteiger partial charge is 0.283 e. The van der Waals surface area contributed by atoms with Gasteiger partial charge in [0.05, 0.1) is 11.4 Å². The van der Waals surface area contributed by atoms with E-state index >= 15 is 0 Å². The summed E-state index contributed by atoms with van der Waals surface area (Å²) in [6.07, 6.45) is 0. The number of rotatable bonds is 5. The lowest BCUT2D eigenvalue weighted by Crippen LogP contribution is -2.23. The van der Waals surface area contributed by atoms with Gasteiger partial charge in [-0.25, -0.2) is 4.98 Å². The summed E-state index contributed by atoms with van der Waals surface area (Å²) in [6, 6.07) is 18.8. The predicted molar refractivity (Wildman–Crippen MR) is 141 cm³/mol. The number of benzene rings is 3. The summed E-state index contributed by atoms with van der Waals surface area (Å²) in [4.78, 5) is 34.7. The van der Waals surface area contributed by atoms with Crippen LogP contribution >= 0.6 is 11.8 Å². The van der Waals surface area contributed by atoms with E-state index in [1.165, 1.54) is 11.8 Å². The summed E-state index contributed by atoms with van der Waals surface area (Å²) in [5, 5.41) is 4.20. The first-order valence-electron chi connectivity index (χ1n) is 11.4. The number of carbonyl (C=O) groups excluding carboxylic acids is 1. The van der Waals surface area contributed by atoms with Crippen LogP contribution in [0.5, 0.6) is 11.5 Å². The Morgan fingerprint density at radius 1 is 1.08 bits per heavy atom. The fourth-order valence-electron chi connectivity index (χ4n) is 4.33. The molecule has 0 saturated heterocycles. The van der Waals surface area contributed by atoms with Crippen molar-refractivity contribution in [3.63, 3.8) is 0 Å². The number of hydrogen-bond acceptors (Lipinski definition) is 6. The van der Waals surface area contributed by atoms with Gasteiger partial charge < -0.3 is 19.8 Å². The summed E-state index contributed by atoms with van der Waals surface area (Å²) in [6.45, 7) is 4.15. The molecule has 3 aromatic carbocycles. The molecular weight excluding hydrogens is 476 g/mol. The number of aryl methyl sites for hydroxylation is 1. The largest absolute Gasteiger partial charge is 0.454 e. The predicted octanol–water partition coefficient (Wildman–Crippen LogP) is 4.94. The number of carbonyl (C=O) groups is 1. The number of nitrogens with zero attached hydrogens (tertiary/aromatic N) is 2. The lowest BCUT2D eigenvalue weighted by atomic mass is 10.1. The first-order valence-corrected chi connectivity index (χ1v) is 12.4. The number of ether oxygens (including phenoxy) is 2. The Balaban J connectivity index is 1.39. The van der Waals surface area contributed by atoms with E-state index in [9.17, 15) is 9.59 Å². The molecule has 0 spiro atoms. The summed E-state index contributed by atoms with van der Waals surface area (Å²) < 4.78 is 12.3. The van der Waals surface area contributed by atoms with E-state index in [0.29, 0.717) is 33.4 Å². The SMILES string of the molecule is Cc1cccc(-n2c(SCC(=O)Nc3ccc4c(c3)OCO4)nc3c([nH]c4ccccc43)c2=O)c1C. The van der Waals surface area contributed by atoms with Crippen molar-refractivity contribution in [3.8, 4) is 17.2 Å². The standard InChI is InChI=1S/C27H22N4O4S/c1-15-6-5-9-20(16(15)2)31-26(33)25-24(18-7-3-4-8-19(18)29-25)30-27(31)36-13-23(32)28-17-10-11-21-22(12-17)35-14-34-21/h3-12,29H,13-14H2,1-2H3,(H,28,32). The Hall–Kier alpha value is -4.24. The number of H-pyrrole nitrogens is 1. The number of aromatic amines is 1. The maximum Gasteiger partial charge on any atom is 0.283 e. The molecule has 1 amide bonds. The molecule has 0 unspecified atom stereocenters. The molecule has 6 rings (SSSR count). The fourth-order valence-corrected chi connectivity index (χ4v) is 5.13. The van der Waals surface area contributed by atoms with Crippen molar-refractivity contribution in [1.29, 1.82) is 0 Å². The van der Waals surface area contributed by atoms with Crippen LogP contribution in [-0.4, -0.2) is 33.0 Å². The number of hydrogen-bond donors (Lipinski definition) is 2. The molecule has 0 radical (unpaired) electrons. The highest BCUT2D eigenvalue weighted by Gasteiger charge is 2.20. The van der Waals surface area contributed by atoms with Crippen LogP contribution in [0.1, 0.15) is 11.1 Å². The molecule has 9 heteroatoms. The summed E-state index contributed by atoms with van der Waals surface area (Å²) in [5.74, 6) is 1.09. The molecule has 0 fully saturated rings. The van der Waals surface area contributed by atoms with Crippen molar-refractivity contribution in [1.82, 2.24) is 14.5 Å². The molecule has 1 aliphatic heterocycles. The molecule has 180 valence electrons. The Kier molecular flexibility index (Phi) is 5.41. The van der Waals surface area contributed by atoms with Crippen LogP contribution in [0.25, 0.3) is 27.6 Å². The summed E-state index contributed by atoms with van der Waals surface area (Å²) in [5.41, 5.74) is 5.05. The van der Waals surface area contributed by atoms with Crippen molar-refractivity contribution < 1.29 is 14.3 Å². The van der Waals surface area contributed by atoms with E-state index in [4.69, 9.17) is 14.5 Å². The van der Waals surface area contributed by atoms with Crippen molar-refractivity contribution >= 4 is 45.3 Å². The average molecular weight is 499 g/mol. The zero-order valence-electron chi connectivity index (χ0n) is 19.6. The van der Waals surface area contributed by atoms with Crippen molar-refractivity contribution in [2.24, 2.45) is 0 Å². The maximum absolute atomic E-state index is 13.8. The quantitative estimate of drug-likeness (QED) is 0.263. The number of nitrogens with one attached hydrogen (secondary N) is 2. The van der Waals surface area contributed by atoms with Crippen LogP contribution in [0.2, 0.25) is 0 Å². The second-order valence-corrected chi connectivity index (χ2v) is 9.50. The number of amides is 1. The summed E-state index contributed by atoms with van der Waals surface area (Å²) in [7, 11) is 0. The van der Waals surface area contributed by atoms with E-state index in [-0.39, 0.29) is 24.0 Å². The Morgan fingerprint density at radius 3 is 2.81 bits per heavy atom. The lowest BCUT2D eigenvalue weighted by molar-refractivity contribution is -0.113. The van der Waals surface area contributed by atoms with E-state index in [2.05, 4.69) is 10.3 Å². The van der Waals surface area contributed by atoms with E-state index in [1.807, 2.05) is 56.3 Å². The zero-order valence-corrected chi connectivity index (χ0v) is 20.4. The van der Waals surface area contributed by atoms with E-state index in [0.717, 1.165) is 27.7 Å². The molecule has 36 heavy (non-hydrogen) atoms. The van der Waals surface area contributed by atoms with Crippen molar-refractivity contribution in [2.75, 3.05) is 17.9 Å². The van der Waals surface area contributed by atoms with Gasteiger partial charge in [0.15, 0.2) is 16.7 Å². The van der Waals surface area contributed by atoms with Crippen LogP contribution in [0.15, 0.2) is 70.6 Å². The second-order valence-electron chi connectivity index (χ2n) is 8.55. The maximum atomic E-state index is 13.8. The van der Waals surface area contributed by atoms with Gasteiger partial charge in [-0.1, -0.05) is 42.1 Å². The highest BCUT2D eigenvalue weighted by Crippen LogP contribution is 2.34. The minimum Gasteiger partial charge on any atom is -0.454 e. The van der Waals surface area contributed by atoms with Gasteiger partial charge in [-0.05, 0) is 49.2 Å². The zero-order chi connectivity index (χ0) is 24.8. The Morgan fingerprint density at radius 2 is 1.92 bits per heavy atom. The van der Waals surface area contributed by atoms with Crippen LogP contribution in [0.3, 0.4) is 0 Å². The van der Waals surface area contributed by atoms with Gasteiger partial charge in [0.25, 0.3) is 5.56 Å². The van der Waals surface area contributed by atoms with Crippen molar-refractivity contribution in [2.45, 2.75) is 19.0 Å². The van der Waals surface area contributed by atoms with Gasteiger partial charge in [-0.3, -0.25) is 14.2 Å². The normalized spacial score (nSPS) is 12.4. The molecule has 2 aromatic heterocycles. The monoisotopic (exact) mass is 498 g/mol. The molecule has 0 atom stereocenters. The van der Waals surface area contributed by atoms with E-state index < -0.39 is 0 Å². The molecule has 8 nitrogen and oxygen atoms in total. The number of aromatic nitrogens is 3. The third kappa shape index (κ3) is 3.77. The van der Waals surface area contributed by atoms with Gasteiger partial charge in [0.2, 0.25) is 12.7 Å². The van der Waals surface area contributed by atoms with Crippen molar-refractivity contribution in [3.05, 3.63) is 82.1 Å². The molecule has 3 heterocycles. The minimum atomic E-state index is -0.223. The number of para-hydroxylation sites is 1. The molecule has 0 bridgehead atoms. The highest BCUT2D eigenvalue weighted by molar-refractivity contribution is 7.99. The van der Waals surface area contributed by atoms with Gasteiger partial charge in [0.1, 0.15) is 11.0 Å². The van der Waals surface area contributed by atoms with Gasteiger partial charge in [0, 0.05) is 22.7 Å². The van der Waals surface area contributed by atoms with E-state index in [1.54, 1.807) is 22.8 Å². The third-order valence-electron chi connectivity index (χ3n) is 6.30. The number of thioether (sulfide) groups is 1. The number of anilines is 1. The highest BCUT2D eigenvalue weighted by atomic mass is 32.2. The molecule has 0 saturated carbocycles.